The van der Waals surface area contributed by atoms with Crippen LogP contribution in [-0.4, -0.2) is 0 Å². The van der Waals surface area contributed by atoms with Gasteiger partial charge in [0, 0.05) is 0 Å². The Morgan fingerprint density at radius 2 is 1.67 bits per heavy atom. The lowest BCUT2D eigenvalue weighted by atomic mass is 10.3. The van der Waals surface area contributed by atoms with Gasteiger partial charge in [-0.25, -0.2) is 0 Å². The highest BCUT2D eigenvalue weighted by Gasteiger charge is 1.70. The van der Waals surface area contributed by atoms with Crippen LogP contribution in [0.1, 0.15) is 6.42 Å². The summed E-state index contributed by atoms with van der Waals surface area (Å²) in [6.45, 7) is 0. The zero-order valence-corrected chi connectivity index (χ0v) is 5.25. The molecular weight excluding hydrogens is 108 g/mol. The average Bonchev–Trinajstić information content (AvgIpc) is 2.00. The van der Waals surface area contributed by atoms with Gasteiger partial charge in [0.15, 0.2) is 0 Å². The molecule has 0 atom stereocenters. The number of allylic oxidation sites excluding steroid dienone is 8. The van der Waals surface area contributed by atoms with Crippen LogP contribution in [0.3, 0.4) is 0 Å². The molecule has 0 saturated carbocycles. The Bertz CT molecular complexity index is 148. The van der Waals surface area contributed by atoms with Gasteiger partial charge in [0.05, 0.1) is 0 Å². The zero-order chi connectivity index (χ0) is 6.36. The molecular formula is C9H9. The second-order valence-corrected chi connectivity index (χ2v) is 1.77. The van der Waals surface area contributed by atoms with Gasteiger partial charge in [0.2, 0.25) is 0 Å². The van der Waals surface area contributed by atoms with Crippen LogP contribution in [0.4, 0.5) is 0 Å². The lowest BCUT2D eigenvalue weighted by molar-refractivity contribution is 1.34. The van der Waals surface area contributed by atoms with Gasteiger partial charge < -0.3 is 0 Å². The highest BCUT2D eigenvalue weighted by molar-refractivity contribution is 5.16. The molecule has 1 aliphatic rings. The fourth-order valence-electron chi connectivity index (χ4n) is 0.599. The van der Waals surface area contributed by atoms with E-state index in [2.05, 4.69) is 12.2 Å². The van der Waals surface area contributed by atoms with Gasteiger partial charge >= 0.3 is 0 Å². The van der Waals surface area contributed by atoms with Gasteiger partial charge in [-0.05, 0) is 12.5 Å². The molecule has 0 N–H and O–H groups in total. The Kier molecular flexibility index (Phi) is 2.64. The maximum absolute atomic E-state index is 3.09. The summed E-state index contributed by atoms with van der Waals surface area (Å²) < 4.78 is 0. The van der Waals surface area contributed by atoms with Crippen LogP contribution < -0.4 is 0 Å². The molecule has 45 valence electrons. The van der Waals surface area contributed by atoms with Gasteiger partial charge in [0.25, 0.3) is 0 Å². The minimum Gasteiger partial charge on any atom is -0.0801 e. The summed E-state index contributed by atoms with van der Waals surface area (Å²) in [4.78, 5) is 0. The van der Waals surface area contributed by atoms with Crippen molar-refractivity contribution in [3.8, 4) is 0 Å². The fraction of sp³-hybridized carbons (Fsp3) is 0.111. The zero-order valence-electron chi connectivity index (χ0n) is 5.25. The van der Waals surface area contributed by atoms with Crippen LogP contribution >= 0.6 is 0 Å². The third-order valence-corrected chi connectivity index (χ3v) is 1.03. The van der Waals surface area contributed by atoms with Gasteiger partial charge in [-0.2, -0.15) is 0 Å². The van der Waals surface area contributed by atoms with Crippen LogP contribution in [-0.2, 0) is 0 Å². The highest BCUT2D eigenvalue weighted by Crippen LogP contribution is 1.90. The second kappa shape index (κ2) is 3.90. The summed E-state index contributed by atoms with van der Waals surface area (Å²) in [7, 11) is 0. The Morgan fingerprint density at radius 1 is 0.889 bits per heavy atom. The smallest absolute Gasteiger partial charge is 0.00915 e. The maximum Gasteiger partial charge on any atom is -0.00915 e. The lowest BCUT2D eigenvalue weighted by Gasteiger charge is -1.73. The molecule has 0 aromatic rings. The lowest BCUT2D eigenvalue weighted by Crippen LogP contribution is -1.55. The molecule has 1 rings (SSSR count). The highest BCUT2D eigenvalue weighted by atomic mass is 13.8. The molecule has 9 heavy (non-hydrogen) atoms. The van der Waals surface area contributed by atoms with Gasteiger partial charge in [-0.3, -0.25) is 0 Å². The Balaban J connectivity index is 2.60. The maximum atomic E-state index is 3.09. The summed E-state index contributed by atoms with van der Waals surface area (Å²) in [5, 5.41) is 0. The Morgan fingerprint density at radius 3 is 2.67 bits per heavy atom. The van der Waals surface area contributed by atoms with Crippen molar-refractivity contribution in [1.82, 2.24) is 0 Å². The molecule has 0 aromatic carbocycles. The van der Waals surface area contributed by atoms with Crippen LogP contribution in [0.5, 0.6) is 0 Å². The number of hydrogen-bond acceptors (Lipinski definition) is 0. The molecule has 0 nitrogen and oxygen atoms in total. The third kappa shape index (κ3) is 2.70. The molecule has 0 fully saturated rings. The van der Waals surface area contributed by atoms with E-state index in [9.17, 15) is 0 Å². The molecule has 0 heteroatoms. The van der Waals surface area contributed by atoms with Crippen molar-refractivity contribution >= 4 is 0 Å². The monoisotopic (exact) mass is 117 g/mol. The summed E-state index contributed by atoms with van der Waals surface area (Å²) in [6.07, 6.45) is 18.0. The van der Waals surface area contributed by atoms with E-state index in [-0.39, 0.29) is 0 Å². The first-order valence-corrected chi connectivity index (χ1v) is 3.05. The van der Waals surface area contributed by atoms with Crippen molar-refractivity contribution in [2.45, 2.75) is 6.42 Å². The van der Waals surface area contributed by atoms with E-state index in [4.69, 9.17) is 0 Å². The molecule has 0 saturated heterocycles. The molecule has 0 amide bonds. The van der Waals surface area contributed by atoms with Crippen molar-refractivity contribution in [2.75, 3.05) is 0 Å². The van der Waals surface area contributed by atoms with Crippen molar-refractivity contribution in [2.24, 2.45) is 0 Å². The van der Waals surface area contributed by atoms with E-state index in [1.165, 1.54) is 0 Å². The first kappa shape index (κ1) is 6.09. The average molecular weight is 117 g/mol. The van der Waals surface area contributed by atoms with Crippen molar-refractivity contribution < 1.29 is 0 Å². The second-order valence-electron chi connectivity index (χ2n) is 1.77. The minimum atomic E-state index is 0.911. The normalized spacial score (nSPS) is 31.1. The molecule has 0 spiro atoms. The minimum absolute atomic E-state index is 0.911. The van der Waals surface area contributed by atoms with Crippen molar-refractivity contribution in [3.63, 3.8) is 0 Å². The van der Waals surface area contributed by atoms with E-state index in [1.54, 1.807) is 0 Å². The van der Waals surface area contributed by atoms with E-state index in [0.29, 0.717) is 0 Å². The van der Waals surface area contributed by atoms with Crippen LogP contribution in [0.25, 0.3) is 0 Å². The largest absolute Gasteiger partial charge is 0.0801 e. The summed E-state index contributed by atoms with van der Waals surface area (Å²) >= 11 is 0. The fourth-order valence-corrected chi connectivity index (χ4v) is 0.599. The number of rotatable bonds is 0. The summed E-state index contributed by atoms with van der Waals surface area (Å²) in [5.41, 5.74) is 0. The van der Waals surface area contributed by atoms with E-state index in [0.717, 1.165) is 6.42 Å². The Labute approximate surface area is 55.9 Å². The van der Waals surface area contributed by atoms with Crippen molar-refractivity contribution in [3.05, 3.63) is 48.6 Å². The first-order chi connectivity index (χ1) is 4.50. The standard InChI is InChI=1S/C9H9/c1-2-4-6-8-9-7-5-3-1/h1-7H,8H2/b2-1-,5-3+,6-4+,9-7?. The molecule has 1 aliphatic carbocycles. The third-order valence-electron chi connectivity index (χ3n) is 1.03. The van der Waals surface area contributed by atoms with Crippen LogP contribution in [0, 0.1) is 6.08 Å². The van der Waals surface area contributed by atoms with Gasteiger partial charge in [-0.15, -0.1) is 0 Å². The number of hydrogen-bond donors (Lipinski definition) is 0. The summed E-state index contributed by atoms with van der Waals surface area (Å²) in [5.74, 6) is 0. The first-order valence-electron chi connectivity index (χ1n) is 3.05. The topological polar surface area (TPSA) is 0 Å². The SMILES string of the molecule is [C]1=C/C=C/C=C\C=C\C\1. The molecule has 0 bridgehead atoms. The van der Waals surface area contributed by atoms with Gasteiger partial charge in [0.1, 0.15) is 0 Å². The quantitative estimate of drug-likeness (QED) is 0.457. The molecule has 0 aromatic heterocycles. The van der Waals surface area contributed by atoms with E-state index >= 15 is 0 Å². The predicted molar refractivity (Wildman–Crippen MR) is 39.9 cm³/mol. The van der Waals surface area contributed by atoms with Crippen molar-refractivity contribution in [1.29, 1.82) is 0 Å². The van der Waals surface area contributed by atoms with E-state index < -0.39 is 0 Å². The van der Waals surface area contributed by atoms with E-state index in [1.807, 2.05) is 36.5 Å². The Hall–Kier alpha value is -1.04. The summed E-state index contributed by atoms with van der Waals surface area (Å²) in [6, 6.07) is 0. The molecule has 0 aliphatic heterocycles. The molecule has 1 radical (unpaired) electrons. The van der Waals surface area contributed by atoms with Crippen LogP contribution in [0.2, 0.25) is 0 Å². The molecule has 0 unspecified atom stereocenters. The van der Waals surface area contributed by atoms with Crippen LogP contribution in [0.15, 0.2) is 42.5 Å². The molecule has 0 heterocycles. The van der Waals surface area contributed by atoms with Gasteiger partial charge in [-0.1, -0.05) is 42.5 Å². The predicted octanol–water partition coefficient (Wildman–Crippen LogP) is 2.42.